The lowest BCUT2D eigenvalue weighted by atomic mass is 10.1. The fourth-order valence-electron chi connectivity index (χ4n) is 3.25. The third-order valence-electron chi connectivity index (χ3n) is 4.78. The first-order valence-corrected chi connectivity index (χ1v) is 14.2. The number of aromatic nitrogens is 3. The standard InChI is InChI=1S/C21H19N5O6S2.O3S/c1-13-23-20(22-12-14-5-3-2-4-6-14)26-21(24-13)25-19-11-17(34(30,31)32)10-15-9-16(33(27,28)29)7-8-18(15)19;1-4(2)3/h2-11H,12H2,1H3,(H,27,28,29)(H,30,31,32)(H2,22,23,24,25,26);. The summed E-state index contributed by atoms with van der Waals surface area (Å²) in [5, 5.41) is 6.54. The molecule has 0 aliphatic rings. The van der Waals surface area contributed by atoms with Crippen LogP contribution in [0.5, 0.6) is 0 Å². The van der Waals surface area contributed by atoms with E-state index in [0.29, 0.717) is 17.8 Å². The molecule has 1 aromatic heterocycles. The minimum atomic E-state index is -4.63. The topological polar surface area (TPSA) is 223 Å². The van der Waals surface area contributed by atoms with Crippen LogP contribution >= 0.6 is 0 Å². The zero-order valence-electron chi connectivity index (χ0n) is 19.3. The van der Waals surface area contributed by atoms with Crippen molar-refractivity contribution in [3.63, 3.8) is 0 Å². The average molecular weight is 582 g/mol. The minimum Gasteiger partial charge on any atom is -0.350 e. The van der Waals surface area contributed by atoms with Gasteiger partial charge in [0.1, 0.15) is 5.82 Å². The Labute approximate surface area is 218 Å². The molecule has 4 aromatic rings. The Balaban J connectivity index is 0.000000934. The number of hydrogen-bond donors (Lipinski definition) is 4. The van der Waals surface area contributed by atoms with Crippen LogP contribution in [0.15, 0.2) is 70.5 Å². The summed E-state index contributed by atoms with van der Waals surface area (Å²) in [4.78, 5) is 11.9. The van der Waals surface area contributed by atoms with Gasteiger partial charge in [-0.15, -0.1) is 12.6 Å². The van der Waals surface area contributed by atoms with Gasteiger partial charge >= 0.3 is 10.6 Å². The summed E-state index contributed by atoms with van der Waals surface area (Å²) in [6.07, 6.45) is 0. The number of rotatable bonds is 7. The Hall–Kier alpha value is -4.03. The Morgan fingerprint density at radius 3 is 1.97 bits per heavy atom. The van der Waals surface area contributed by atoms with E-state index in [2.05, 4.69) is 25.6 Å². The molecule has 0 saturated heterocycles. The van der Waals surface area contributed by atoms with Crippen LogP contribution in [0, 0.1) is 6.92 Å². The Bertz CT molecular complexity index is 1800. The van der Waals surface area contributed by atoms with Crippen LogP contribution in [-0.2, 0) is 37.4 Å². The van der Waals surface area contributed by atoms with Gasteiger partial charge in [0.15, 0.2) is 0 Å². The van der Waals surface area contributed by atoms with Crippen molar-refractivity contribution in [3.05, 3.63) is 72.1 Å². The molecule has 1 heterocycles. The molecule has 3 aromatic carbocycles. The Morgan fingerprint density at radius 1 is 0.789 bits per heavy atom. The van der Waals surface area contributed by atoms with Crippen molar-refractivity contribution in [1.29, 1.82) is 0 Å². The molecule has 0 fully saturated rings. The number of nitrogens with zero attached hydrogens (tertiary/aromatic N) is 3. The van der Waals surface area contributed by atoms with E-state index in [4.69, 9.17) is 12.6 Å². The van der Waals surface area contributed by atoms with E-state index >= 15 is 0 Å². The van der Waals surface area contributed by atoms with E-state index in [0.717, 1.165) is 17.7 Å². The van der Waals surface area contributed by atoms with Gasteiger partial charge in [-0.05, 0) is 42.1 Å². The maximum atomic E-state index is 11.8. The smallest absolute Gasteiger partial charge is 0.350 e. The summed E-state index contributed by atoms with van der Waals surface area (Å²) < 4.78 is 90.8. The summed E-state index contributed by atoms with van der Waals surface area (Å²) in [6.45, 7) is 2.12. The molecule has 0 spiro atoms. The fraction of sp³-hybridized carbons (Fsp3) is 0.0952. The summed E-state index contributed by atoms with van der Waals surface area (Å²) in [6, 6.07) is 15.5. The van der Waals surface area contributed by atoms with Crippen LogP contribution in [0.2, 0.25) is 0 Å². The summed E-state index contributed by atoms with van der Waals surface area (Å²) in [5.74, 6) is 0.760. The number of hydrogen-bond acceptors (Lipinski definition) is 12. The molecule has 0 amide bonds. The normalized spacial score (nSPS) is 11.3. The van der Waals surface area contributed by atoms with Gasteiger partial charge in [-0.3, -0.25) is 9.11 Å². The van der Waals surface area contributed by atoms with Crippen LogP contribution in [-0.4, -0.2) is 53.5 Å². The SMILES string of the molecule is Cc1nc(NCc2ccccc2)nc(Nc2cc(S(=O)(=O)O)cc3cc(S(=O)(=O)O)ccc23)n1.O=S(=O)=O. The van der Waals surface area contributed by atoms with Gasteiger partial charge in [-0.1, -0.05) is 36.4 Å². The molecular formula is C21H19N5O9S3. The van der Waals surface area contributed by atoms with Crippen LogP contribution in [0.3, 0.4) is 0 Å². The van der Waals surface area contributed by atoms with E-state index in [1.165, 1.54) is 18.2 Å². The molecule has 14 nitrogen and oxygen atoms in total. The molecule has 38 heavy (non-hydrogen) atoms. The van der Waals surface area contributed by atoms with Gasteiger partial charge in [-0.25, -0.2) is 0 Å². The highest BCUT2D eigenvalue weighted by Gasteiger charge is 2.17. The molecule has 0 saturated carbocycles. The Morgan fingerprint density at radius 2 is 1.37 bits per heavy atom. The molecule has 0 radical (unpaired) electrons. The highest BCUT2D eigenvalue weighted by Crippen LogP contribution is 2.31. The van der Waals surface area contributed by atoms with Crippen molar-refractivity contribution in [2.75, 3.05) is 10.6 Å². The predicted molar refractivity (Wildman–Crippen MR) is 135 cm³/mol. The van der Waals surface area contributed by atoms with Gasteiger partial charge in [0.05, 0.1) is 15.5 Å². The highest BCUT2D eigenvalue weighted by molar-refractivity contribution is 7.86. The quantitative estimate of drug-likeness (QED) is 0.230. The first-order valence-electron chi connectivity index (χ1n) is 10.3. The molecule has 0 bridgehead atoms. The number of fused-ring (bicyclic) bond motifs is 1. The summed E-state index contributed by atoms with van der Waals surface area (Å²) >= 11 is 0. The minimum absolute atomic E-state index is 0.0932. The van der Waals surface area contributed by atoms with E-state index in [-0.39, 0.29) is 23.0 Å². The van der Waals surface area contributed by atoms with Gasteiger partial charge in [0, 0.05) is 11.9 Å². The maximum absolute atomic E-state index is 11.8. The molecule has 0 aliphatic heterocycles. The summed E-state index contributed by atoms with van der Waals surface area (Å²) in [5.41, 5.74) is 1.20. The second-order valence-electron chi connectivity index (χ2n) is 7.50. The Kier molecular flexibility index (Phi) is 8.69. The van der Waals surface area contributed by atoms with Crippen molar-refractivity contribution >= 4 is 59.2 Å². The number of anilines is 3. The molecule has 17 heteroatoms. The van der Waals surface area contributed by atoms with Crippen LogP contribution in [0.4, 0.5) is 17.6 Å². The maximum Gasteiger partial charge on any atom is 0.425 e. The van der Waals surface area contributed by atoms with Crippen molar-refractivity contribution in [2.45, 2.75) is 23.3 Å². The van der Waals surface area contributed by atoms with E-state index in [1.807, 2.05) is 30.3 Å². The van der Waals surface area contributed by atoms with Gasteiger partial charge in [0.2, 0.25) is 11.9 Å². The van der Waals surface area contributed by atoms with Crippen molar-refractivity contribution in [1.82, 2.24) is 15.0 Å². The molecule has 0 atom stereocenters. The van der Waals surface area contributed by atoms with Crippen molar-refractivity contribution in [3.8, 4) is 0 Å². The first-order chi connectivity index (χ1) is 17.7. The van der Waals surface area contributed by atoms with Gasteiger partial charge < -0.3 is 10.6 Å². The third-order valence-corrected chi connectivity index (χ3v) is 6.46. The molecule has 0 aliphatic carbocycles. The molecule has 0 unspecified atom stereocenters. The van der Waals surface area contributed by atoms with Crippen molar-refractivity contribution < 1.29 is 38.6 Å². The number of aryl methyl sites for hydroxylation is 1. The fourth-order valence-corrected chi connectivity index (χ4v) is 4.31. The predicted octanol–water partition coefficient (Wildman–Crippen LogP) is 2.18. The first kappa shape index (κ1) is 28.5. The lowest BCUT2D eigenvalue weighted by Crippen LogP contribution is -2.09. The third kappa shape index (κ3) is 7.98. The zero-order chi connectivity index (χ0) is 28.1. The molecule has 200 valence electrons. The van der Waals surface area contributed by atoms with Crippen LogP contribution in [0.25, 0.3) is 10.8 Å². The van der Waals surface area contributed by atoms with Crippen LogP contribution in [0.1, 0.15) is 11.4 Å². The van der Waals surface area contributed by atoms with Gasteiger partial charge in [0.25, 0.3) is 20.2 Å². The number of nitrogens with one attached hydrogen (secondary N) is 2. The lowest BCUT2D eigenvalue weighted by molar-refractivity contribution is 0.481. The second-order valence-corrected chi connectivity index (χ2v) is 10.8. The van der Waals surface area contributed by atoms with Crippen LogP contribution < -0.4 is 10.6 Å². The van der Waals surface area contributed by atoms with Crippen molar-refractivity contribution in [2.24, 2.45) is 0 Å². The van der Waals surface area contributed by atoms with Gasteiger partial charge in [-0.2, -0.15) is 31.8 Å². The van der Waals surface area contributed by atoms with E-state index in [9.17, 15) is 25.9 Å². The molecule has 4 N–H and O–H groups in total. The second kappa shape index (κ2) is 11.6. The van der Waals surface area contributed by atoms with E-state index < -0.39 is 40.6 Å². The largest absolute Gasteiger partial charge is 0.425 e. The number of benzene rings is 3. The highest BCUT2D eigenvalue weighted by atomic mass is 32.2. The molecule has 4 rings (SSSR count). The molecular weight excluding hydrogens is 562 g/mol. The summed E-state index contributed by atoms with van der Waals surface area (Å²) in [7, 11) is -12.3. The zero-order valence-corrected chi connectivity index (χ0v) is 21.7. The average Bonchev–Trinajstić information content (AvgIpc) is 2.81. The van der Waals surface area contributed by atoms with E-state index in [1.54, 1.807) is 6.92 Å². The lowest BCUT2D eigenvalue weighted by Gasteiger charge is -2.13. The monoisotopic (exact) mass is 581 g/mol.